The Morgan fingerprint density at radius 1 is 1.19 bits per heavy atom. The summed E-state index contributed by atoms with van der Waals surface area (Å²) in [7, 11) is 3.75. The monoisotopic (exact) mass is 484 g/mol. The van der Waals surface area contributed by atoms with Gasteiger partial charge in [0.1, 0.15) is 11.8 Å². The number of benzene rings is 2. The number of halogens is 1. The van der Waals surface area contributed by atoms with Crippen LogP contribution in [0.25, 0.3) is 11.3 Å². The molecule has 0 saturated carbocycles. The summed E-state index contributed by atoms with van der Waals surface area (Å²) >= 11 is 3.44. The van der Waals surface area contributed by atoms with E-state index in [1.807, 2.05) is 36.4 Å². The summed E-state index contributed by atoms with van der Waals surface area (Å²) in [5.74, 6) is 3.05. The predicted octanol–water partition coefficient (Wildman–Crippen LogP) is 3.83. The molecule has 2 aliphatic rings. The predicted molar refractivity (Wildman–Crippen MR) is 118 cm³/mol. The maximum absolute atomic E-state index is 13.2. The van der Waals surface area contributed by atoms with E-state index in [4.69, 9.17) is 18.6 Å². The van der Waals surface area contributed by atoms with Gasteiger partial charge in [-0.05, 0) is 35.9 Å². The molecule has 31 heavy (non-hydrogen) atoms. The zero-order valence-electron chi connectivity index (χ0n) is 17.4. The van der Waals surface area contributed by atoms with Crippen molar-refractivity contribution in [2.75, 3.05) is 27.5 Å². The maximum Gasteiger partial charge on any atom is 0.231 e. The second-order valence-electron chi connectivity index (χ2n) is 7.91. The third-order valence-corrected chi connectivity index (χ3v) is 6.61. The second-order valence-corrected chi connectivity index (χ2v) is 8.83. The Bertz CT molecular complexity index is 1140. The van der Waals surface area contributed by atoms with Gasteiger partial charge in [0.25, 0.3) is 0 Å². The molecule has 160 valence electrons. The van der Waals surface area contributed by atoms with Crippen molar-refractivity contribution in [3.05, 3.63) is 63.8 Å². The van der Waals surface area contributed by atoms with Crippen molar-refractivity contribution < 1.29 is 28.3 Å². The molecule has 5 rings (SSSR count). The van der Waals surface area contributed by atoms with Crippen molar-refractivity contribution >= 4 is 21.7 Å². The van der Waals surface area contributed by atoms with E-state index >= 15 is 0 Å². The van der Waals surface area contributed by atoms with Crippen LogP contribution in [-0.2, 0) is 6.42 Å². The minimum atomic E-state index is -0.0538. The van der Waals surface area contributed by atoms with Crippen LogP contribution < -0.4 is 19.1 Å². The minimum Gasteiger partial charge on any atom is -0.492 e. The lowest BCUT2D eigenvalue weighted by atomic mass is 9.88. The third kappa shape index (κ3) is 3.62. The van der Waals surface area contributed by atoms with Gasteiger partial charge >= 0.3 is 0 Å². The standard InChI is InChI=1S/C24H22BrNO5/c1-26-10-9-15-11-21-23(30-13-29-21)24(28-2)22(15)17(26)12-18(27)20-8-7-19(31-20)14-3-5-16(25)6-4-14/h3-8,11,17H,9-10,12-13H2,1-2H3/p+1/t17-/m0/s1. The quantitative estimate of drug-likeness (QED) is 0.557. The van der Waals surface area contributed by atoms with Crippen molar-refractivity contribution in [3.63, 3.8) is 0 Å². The Morgan fingerprint density at radius 2 is 2.00 bits per heavy atom. The van der Waals surface area contributed by atoms with Gasteiger partial charge in [-0.3, -0.25) is 4.79 Å². The molecule has 0 aliphatic carbocycles. The summed E-state index contributed by atoms with van der Waals surface area (Å²) < 4.78 is 23.9. The van der Waals surface area contributed by atoms with Gasteiger partial charge in [0.2, 0.25) is 18.3 Å². The van der Waals surface area contributed by atoms with Gasteiger partial charge in [0.05, 0.1) is 32.7 Å². The average Bonchev–Trinajstić information content (AvgIpc) is 3.44. The summed E-state index contributed by atoms with van der Waals surface area (Å²) in [5, 5.41) is 0. The van der Waals surface area contributed by atoms with E-state index in [1.54, 1.807) is 13.2 Å². The fourth-order valence-corrected chi connectivity index (χ4v) is 4.70. The van der Waals surface area contributed by atoms with E-state index in [2.05, 4.69) is 23.0 Å². The highest BCUT2D eigenvalue weighted by Gasteiger charge is 2.38. The van der Waals surface area contributed by atoms with E-state index < -0.39 is 0 Å². The summed E-state index contributed by atoms with van der Waals surface area (Å²) in [4.78, 5) is 14.5. The molecule has 0 amide bonds. The number of ketones is 1. The number of fused-ring (bicyclic) bond motifs is 2. The summed E-state index contributed by atoms with van der Waals surface area (Å²) in [6.07, 6.45) is 1.22. The van der Waals surface area contributed by atoms with Crippen molar-refractivity contribution in [3.8, 4) is 28.6 Å². The van der Waals surface area contributed by atoms with Crippen LogP contribution in [-0.4, -0.2) is 33.3 Å². The largest absolute Gasteiger partial charge is 0.492 e. The number of nitrogens with one attached hydrogen (secondary N) is 1. The number of furan rings is 1. The lowest BCUT2D eigenvalue weighted by Gasteiger charge is -2.32. The molecule has 1 aromatic heterocycles. The zero-order chi connectivity index (χ0) is 21.5. The van der Waals surface area contributed by atoms with Crippen LogP contribution in [0.3, 0.4) is 0 Å². The zero-order valence-corrected chi connectivity index (χ0v) is 19.0. The number of likely N-dealkylation sites (N-methyl/N-ethyl adjacent to an activating group) is 1. The minimum absolute atomic E-state index is 0.0275. The van der Waals surface area contributed by atoms with E-state index in [0.717, 1.165) is 34.1 Å². The van der Waals surface area contributed by atoms with Crippen molar-refractivity contribution in [1.82, 2.24) is 0 Å². The number of ether oxygens (including phenoxy) is 3. The molecule has 2 aromatic carbocycles. The molecule has 0 saturated heterocycles. The normalized spacial score (nSPS) is 19.2. The van der Waals surface area contributed by atoms with Gasteiger partial charge in [0, 0.05) is 16.5 Å². The number of rotatable bonds is 5. The number of hydrogen-bond acceptors (Lipinski definition) is 5. The van der Waals surface area contributed by atoms with Crippen molar-refractivity contribution in [2.45, 2.75) is 18.9 Å². The number of methoxy groups -OCH3 is 1. The highest BCUT2D eigenvalue weighted by Crippen LogP contribution is 2.48. The topological polar surface area (TPSA) is 62.3 Å². The highest BCUT2D eigenvalue weighted by molar-refractivity contribution is 9.10. The van der Waals surface area contributed by atoms with E-state index in [-0.39, 0.29) is 18.6 Å². The maximum atomic E-state index is 13.2. The molecular formula is C24H23BrNO5+. The molecule has 3 aromatic rings. The highest BCUT2D eigenvalue weighted by atomic mass is 79.9. The Balaban J connectivity index is 1.44. The Kier molecular flexibility index (Phi) is 5.24. The first kappa shape index (κ1) is 20.2. The van der Waals surface area contributed by atoms with E-state index in [1.165, 1.54) is 4.90 Å². The van der Waals surface area contributed by atoms with Gasteiger partial charge in [-0.15, -0.1) is 0 Å². The second kappa shape index (κ2) is 8.05. The molecule has 7 heteroatoms. The summed E-state index contributed by atoms with van der Waals surface area (Å²) in [6, 6.07) is 13.4. The van der Waals surface area contributed by atoms with Crippen LogP contribution in [0.2, 0.25) is 0 Å². The molecule has 1 N–H and O–H groups in total. The molecule has 2 aliphatic heterocycles. The van der Waals surface area contributed by atoms with Crippen molar-refractivity contribution in [2.24, 2.45) is 0 Å². The van der Waals surface area contributed by atoms with Gasteiger partial charge in [-0.2, -0.15) is 0 Å². The van der Waals surface area contributed by atoms with Gasteiger partial charge in [0.15, 0.2) is 17.3 Å². The Hall–Kier alpha value is -2.77. The first-order valence-electron chi connectivity index (χ1n) is 10.3. The van der Waals surface area contributed by atoms with Gasteiger partial charge in [-0.1, -0.05) is 28.1 Å². The number of Topliss-reactive ketones (excluding diaryl/α,β-unsaturated/α-hetero) is 1. The lowest BCUT2D eigenvalue weighted by molar-refractivity contribution is -0.913. The molecule has 0 spiro atoms. The van der Waals surface area contributed by atoms with Gasteiger partial charge < -0.3 is 23.5 Å². The van der Waals surface area contributed by atoms with Crippen LogP contribution in [0, 0.1) is 0 Å². The van der Waals surface area contributed by atoms with Crippen LogP contribution in [0.5, 0.6) is 17.2 Å². The molecule has 0 fully saturated rings. The molecule has 3 heterocycles. The Morgan fingerprint density at radius 3 is 2.77 bits per heavy atom. The Labute approximate surface area is 188 Å². The number of hydrogen-bond donors (Lipinski definition) is 1. The average molecular weight is 485 g/mol. The number of quaternary nitrogens is 1. The van der Waals surface area contributed by atoms with Crippen LogP contribution in [0.4, 0.5) is 0 Å². The van der Waals surface area contributed by atoms with E-state index in [9.17, 15) is 4.79 Å². The fraction of sp³-hybridized carbons (Fsp3) is 0.292. The summed E-state index contributed by atoms with van der Waals surface area (Å²) in [5.41, 5.74) is 3.12. The molecule has 6 nitrogen and oxygen atoms in total. The number of carbonyl (C=O) groups excluding carboxylic acids is 1. The molecule has 1 unspecified atom stereocenters. The summed E-state index contributed by atoms with van der Waals surface area (Å²) in [6.45, 7) is 1.11. The van der Waals surface area contributed by atoms with Gasteiger partial charge in [-0.25, -0.2) is 0 Å². The van der Waals surface area contributed by atoms with Crippen LogP contribution in [0.15, 0.2) is 51.4 Å². The molecule has 0 radical (unpaired) electrons. The first-order valence-corrected chi connectivity index (χ1v) is 11.0. The van der Waals surface area contributed by atoms with Crippen LogP contribution >= 0.6 is 15.9 Å². The smallest absolute Gasteiger partial charge is 0.231 e. The lowest BCUT2D eigenvalue weighted by Crippen LogP contribution is -3.10. The van der Waals surface area contributed by atoms with Crippen molar-refractivity contribution in [1.29, 1.82) is 0 Å². The molecular weight excluding hydrogens is 462 g/mol. The van der Waals surface area contributed by atoms with Crippen LogP contribution in [0.1, 0.15) is 34.1 Å². The fourth-order valence-electron chi connectivity index (χ4n) is 4.44. The third-order valence-electron chi connectivity index (χ3n) is 6.08. The molecule has 2 atom stereocenters. The van der Waals surface area contributed by atoms with E-state index in [0.29, 0.717) is 35.2 Å². The SMILES string of the molecule is COc1c2c(cc3c1[C@H](CC(=O)c1ccc(-c4ccc(Br)cc4)o1)[NH+](C)CC3)OCO2. The number of carbonyl (C=O) groups is 1. The molecule has 0 bridgehead atoms. The first-order chi connectivity index (χ1) is 15.0.